The molecule has 2 unspecified atom stereocenters. The summed E-state index contributed by atoms with van der Waals surface area (Å²) in [5.74, 6) is -0.612. The van der Waals surface area contributed by atoms with Gasteiger partial charge >= 0.3 is 5.76 Å². The zero-order valence-electron chi connectivity index (χ0n) is 15.0. The van der Waals surface area contributed by atoms with Gasteiger partial charge in [-0.25, -0.2) is 13.2 Å². The number of hydrogen-bond donors (Lipinski definition) is 1. The topological polar surface area (TPSA) is 92.6 Å². The van der Waals surface area contributed by atoms with Crippen LogP contribution < -0.4 is 5.76 Å². The summed E-state index contributed by atoms with van der Waals surface area (Å²) in [5, 5.41) is 0. The third kappa shape index (κ3) is 3.43. The standard InChI is InChI=1S/C19H20N2O5S/c1-12-3-5-14(6-4-12)18-11-21(10-13(2)25-18)27(23,24)15-7-8-16-17(9-15)26-19(22)20-16/h3-9,13,18H,10-11H2,1-2H3,(H,20,22). The van der Waals surface area contributed by atoms with Crippen LogP contribution in [0.15, 0.2) is 56.6 Å². The number of aromatic amines is 1. The average molecular weight is 388 g/mol. The number of hydrogen-bond acceptors (Lipinski definition) is 5. The number of morpholine rings is 1. The first-order chi connectivity index (χ1) is 12.8. The Labute approximate surface area is 156 Å². The normalized spacial score (nSPS) is 21.6. The Morgan fingerprint density at radius 3 is 2.59 bits per heavy atom. The molecule has 0 saturated carbocycles. The van der Waals surface area contributed by atoms with Gasteiger partial charge in [0.15, 0.2) is 5.58 Å². The molecule has 0 radical (unpaired) electrons. The van der Waals surface area contributed by atoms with E-state index in [4.69, 9.17) is 9.15 Å². The molecule has 1 fully saturated rings. The lowest BCUT2D eigenvalue weighted by Crippen LogP contribution is -2.45. The number of benzene rings is 2. The first kappa shape index (κ1) is 18.0. The summed E-state index contributed by atoms with van der Waals surface area (Å²) in [6, 6.07) is 12.3. The van der Waals surface area contributed by atoms with Crippen molar-refractivity contribution in [1.29, 1.82) is 0 Å². The quantitative estimate of drug-likeness (QED) is 0.744. The molecule has 3 aromatic rings. The van der Waals surface area contributed by atoms with E-state index in [1.165, 1.54) is 22.5 Å². The molecule has 27 heavy (non-hydrogen) atoms. The fourth-order valence-corrected chi connectivity index (χ4v) is 4.84. The van der Waals surface area contributed by atoms with E-state index in [9.17, 15) is 13.2 Å². The van der Waals surface area contributed by atoms with Crippen molar-refractivity contribution in [2.75, 3.05) is 13.1 Å². The molecule has 2 aromatic carbocycles. The molecule has 4 rings (SSSR count). The average Bonchev–Trinajstić information content (AvgIpc) is 3.01. The van der Waals surface area contributed by atoms with E-state index >= 15 is 0 Å². The maximum Gasteiger partial charge on any atom is 0.417 e. The highest BCUT2D eigenvalue weighted by molar-refractivity contribution is 7.89. The Hall–Kier alpha value is -2.42. The van der Waals surface area contributed by atoms with Crippen LogP contribution in [0.2, 0.25) is 0 Å². The molecule has 1 aromatic heterocycles. The number of fused-ring (bicyclic) bond motifs is 1. The first-order valence-corrected chi connectivity index (χ1v) is 10.1. The molecular formula is C19H20N2O5S. The molecule has 8 heteroatoms. The van der Waals surface area contributed by atoms with E-state index in [0.29, 0.717) is 5.52 Å². The van der Waals surface area contributed by atoms with E-state index in [2.05, 4.69) is 4.98 Å². The van der Waals surface area contributed by atoms with Gasteiger partial charge in [-0.2, -0.15) is 4.31 Å². The molecular weight excluding hydrogens is 368 g/mol. The summed E-state index contributed by atoms with van der Waals surface area (Å²) in [5.41, 5.74) is 2.76. The Kier molecular flexibility index (Phi) is 4.41. The van der Waals surface area contributed by atoms with Crippen LogP contribution in [0.3, 0.4) is 0 Å². The molecule has 2 atom stereocenters. The highest BCUT2D eigenvalue weighted by Gasteiger charge is 2.34. The van der Waals surface area contributed by atoms with Crippen LogP contribution >= 0.6 is 0 Å². The van der Waals surface area contributed by atoms with Gasteiger partial charge in [0.2, 0.25) is 10.0 Å². The fourth-order valence-electron chi connectivity index (χ4n) is 3.31. The van der Waals surface area contributed by atoms with Crippen molar-refractivity contribution in [2.24, 2.45) is 0 Å². The van der Waals surface area contributed by atoms with Gasteiger partial charge in [-0.05, 0) is 31.5 Å². The number of nitrogens with zero attached hydrogens (tertiary/aromatic N) is 1. The van der Waals surface area contributed by atoms with Gasteiger partial charge in [-0.1, -0.05) is 29.8 Å². The monoisotopic (exact) mass is 388 g/mol. The van der Waals surface area contributed by atoms with E-state index < -0.39 is 15.8 Å². The molecule has 1 saturated heterocycles. The number of sulfonamides is 1. The lowest BCUT2D eigenvalue weighted by atomic mass is 10.1. The van der Waals surface area contributed by atoms with Crippen molar-refractivity contribution in [3.8, 4) is 0 Å². The molecule has 0 aliphatic carbocycles. The number of aromatic nitrogens is 1. The molecule has 1 N–H and O–H groups in total. The minimum absolute atomic E-state index is 0.0921. The molecule has 7 nitrogen and oxygen atoms in total. The largest absolute Gasteiger partial charge is 0.417 e. The smallest absolute Gasteiger partial charge is 0.408 e. The third-order valence-corrected chi connectivity index (χ3v) is 6.53. The van der Waals surface area contributed by atoms with Gasteiger partial charge in [-0.15, -0.1) is 0 Å². The summed E-state index contributed by atoms with van der Waals surface area (Å²) in [4.78, 5) is 13.9. The van der Waals surface area contributed by atoms with Crippen LogP contribution in [0.5, 0.6) is 0 Å². The lowest BCUT2D eigenvalue weighted by molar-refractivity contribution is -0.0557. The van der Waals surface area contributed by atoms with Crippen LogP contribution in [-0.2, 0) is 14.8 Å². The van der Waals surface area contributed by atoms with Crippen LogP contribution in [-0.4, -0.2) is 36.9 Å². The second-order valence-corrected chi connectivity index (χ2v) is 8.78. The second-order valence-electron chi connectivity index (χ2n) is 6.84. The van der Waals surface area contributed by atoms with E-state index in [1.54, 1.807) is 0 Å². The minimum atomic E-state index is -3.75. The van der Waals surface area contributed by atoms with E-state index in [1.807, 2.05) is 38.1 Å². The number of H-pyrrole nitrogens is 1. The Bertz CT molecular complexity index is 1130. The van der Waals surface area contributed by atoms with Gasteiger partial charge in [-0.3, -0.25) is 4.98 Å². The highest BCUT2D eigenvalue weighted by Crippen LogP contribution is 2.30. The zero-order valence-corrected chi connectivity index (χ0v) is 15.8. The van der Waals surface area contributed by atoms with Gasteiger partial charge in [0.05, 0.1) is 22.6 Å². The van der Waals surface area contributed by atoms with Crippen molar-refractivity contribution >= 4 is 21.1 Å². The van der Waals surface area contributed by atoms with Crippen LogP contribution in [0.4, 0.5) is 0 Å². The number of rotatable bonds is 3. The Morgan fingerprint density at radius 1 is 1.11 bits per heavy atom. The third-order valence-electron chi connectivity index (χ3n) is 4.71. The van der Waals surface area contributed by atoms with Gasteiger partial charge < -0.3 is 9.15 Å². The van der Waals surface area contributed by atoms with Crippen LogP contribution in [0, 0.1) is 6.92 Å². The molecule has 1 aliphatic rings. The summed E-state index contributed by atoms with van der Waals surface area (Å²) in [6.45, 7) is 4.35. The molecule has 0 spiro atoms. The summed E-state index contributed by atoms with van der Waals surface area (Å²) in [7, 11) is -3.75. The molecule has 142 valence electrons. The number of aryl methyl sites for hydroxylation is 1. The fraction of sp³-hybridized carbons (Fsp3) is 0.316. The Balaban J connectivity index is 1.66. The van der Waals surface area contributed by atoms with Crippen molar-refractivity contribution in [2.45, 2.75) is 31.0 Å². The zero-order chi connectivity index (χ0) is 19.2. The number of oxazole rings is 1. The maximum atomic E-state index is 13.2. The molecule has 0 amide bonds. The number of ether oxygens (including phenoxy) is 1. The van der Waals surface area contributed by atoms with Crippen LogP contribution in [0.25, 0.3) is 11.1 Å². The van der Waals surface area contributed by atoms with E-state index in [-0.39, 0.29) is 35.8 Å². The molecule has 1 aliphatic heterocycles. The lowest BCUT2D eigenvalue weighted by Gasteiger charge is -2.36. The first-order valence-electron chi connectivity index (χ1n) is 8.68. The van der Waals surface area contributed by atoms with Crippen LogP contribution in [0.1, 0.15) is 24.2 Å². The minimum Gasteiger partial charge on any atom is -0.408 e. The van der Waals surface area contributed by atoms with E-state index in [0.717, 1.165) is 11.1 Å². The van der Waals surface area contributed by atoms with Crippen molar-refractivity contribution in [3.63, 3.8) is 0 Å². The summed E-state index contributed by atoms with van der Waals surface area (Å²) in [6.07, 6.45) is -0.577. The van der Waals surface area contributed by atoms with Crippen molar-refractivity contribution < 1.29 is 17.6 Å². The van der Waals surface area contributed by atoms with Crippen molar-refractivity contribution in [3.05, 3.63) is 64.1 Å². The van der Waals surface area contributed by atoms with Gasteiger partial charge in [0, 0.05) is 19.2 Å². The number of nitrogens with one attached hydrogen (secondary N) is 1. The molecule has 0 bridgehead atoms. The molecule has 2 heterocycles. The van der Waals surface area contributed by atoms with Crippen molar-refractivity contribution in [1.82, 2.24) is 9.29 Å². The predicted molar refractivity (Wildman–Crippen MR) is 100 cm³/mol. The predicted octanol–water partition coefficient (Wildman–Crippen LogP) is 2.58. The second kappa shape index (κ2) is 6.63. The SMILES string of the molecule is Cc1ccc(C2CN(S(=O)(=O)c3ccc4[nH]c(=O)oc4c3)CC(C)O2)cc1. The highest BCUT2D eigenvalue weighted by atomic mass is 32.2. The maximum absolute atomic E-state index is 13.2. The van der Waals surface area contributed by atoms with Gasteiger partial charge in [0.1, 0.15) is 0 Å². The van der Waals surface area contributed by atoms with Gasteiger partial charge in [0.25, 0.3) is 0 Å². The summed E-state index contributed by atoms with van der Waals surface area (Å²) >= 11 is 0. The summed E-state index contributed by atoms with van der Waals surface area (Å²) < 4.78 is 38.7. The Morgan fingerprint density at radius 2 is 1.85 bits per heavy atom.